The van der Waals surface area contributed by atoms with Crippen LogP contribution in [0.3, 0.4) is 0 Å². The minimum absolute atomic E-state index is 0. The van der Waals surface area contributed by atoms with Gasteiger partial charge in [0.25, 0.3) is 0 Å². The van der Waals surface area contributed by atoms with Crippen molar-refractivity contribution in [2.24, 2.45) is 5.73 Å². The zero-order valence-corrected chi connectivity index (χ0v) is 20.1. The summed E-state index contributed by atoms with van der Waals surface area (Å²) >= 11 is 0. The van der Waals surface area contributed by atoms with Crippen LogP contribution in [0.5, 0.6) is 0 Å². The van der Waals surface area contributed by atoms with Gasteiger partial charge in [0.05, 0.1) is 6.33 Å². The highest BCUT2D eigenvalue weighted by molar-refractivity contribution is 5.86. The number of imidazole rings is 1. The Morgan fingerprint density at radius 1 is 1.03 bits per heavy atom. The van der Waals surface area contributed by atoms with Gasteiger partial charge in [0.2, 0.25) is 5.95 Å². The number of fused-ring (bicyclic) bond motifs is 1. The number of benzene rings is 1. The summed E-state index contributed by atoms with van der Waals surface area (Å²) in [5.74, 6) is 1.23. The van der Waals surface area contributed by atoms with E-state index < -0.39 is 6.17 Å². The molecule has 2 aliphatic carbocycles. The van der Waals surface area contributed by atoms with Crippen LogP contribution in [0.1, 0.15) is 56.6 Å². The van der Waals surface area contributed by atoms with Crippen molar-refractivity contribution < 1.29 is 4.39 Å². The number of nitrogens with two attached hydrogens (primary N) is 1. The molecule has 2 heterocycles. The lowest BCUT2D eigenvalue weighted by atomic mass is 9.90. The molecule has 33 heavy (non-hydrogen) atoms. The number of aromatic nitrogens is 4. The topological polar surface area (TPSA) is 93.7 Å². The lowest BCUT2D eigenvalue weighted by Gasteiger charge is -2.30. The molecule has 2 saturated carbocycles. The molecular formula is C23H32Cl2FN7. The van der Waals surface area contributed by atoms with Gasteiger partial charge in [-0.05, 0) is 31.2 Å². The van der Waals surface area contributed by atoms with E-state index in [2.05, 4.69) is 32.3 Å². The summed E-state index contributed by atoms with van der Waals surface area (Å²) in [4.78, 5) is 14.2. The van der Waals surface area contributed by atoms with Gasteiger partial charge in [0.15, 0.2) is 17.0 Å². The zero-order chi connectivity index (χ0) is 21.2. The molecular weight excluding hydrogens is 464 g/mol. The highest BCUT2D eigenvalue weighted by Crippen LogP contribution is 2.33. The van der Waals surface area contributed by atoms with E-state index in [1.54, 1.807) is 0 Å². The summed E-state index contributed by atoms with van der Waals surface area (Å²) in [5.41, 5.74) is 8.63. The maximum Gasteiger partial charge on any atom is 0.227 e. The standard InChI is InChI=1S/C23H30FN7.2ClH/c24-18-12-16(10-11-19(18)25)28-23-29-21(26-13-15-6-2-1-3-7-15)20-22(30-23)31(14-27-20)17-8-4-5-9-17;;/h1-3,6-7,14,16-19H,4-5,8-13,25H2,(H2,26,28,29,30);2*1H. The molecule has 10 heteroatoms. The molecule has 1 aromatic carbocycles. The summed E-state index contributed by atoms with van der Waals surface area (Å²) in [6.45, 7) is 0.646. The summed E-state index contributed by atoms with van der Waals surface area (Å²) in [7, 11) is 0. The number of alkyl halides is 1. The predicted molar refractivity (Wildman–Crippen MR) is 135 cm³/mol. The number of hydrogen-bond donors (Lipinski definition) is 3. The maximum atomic E-state index is 14.2. The van der Waals surface area contributed by atoms with Gasteiger partial charge in [-0.25, -0.2) is 9.37 Å². The molecule has 7 nitrogen and oxygen atoms in total. The smallest absolute Gasteiger partial charge is 0.227 e. The Morgan fingerprint density at radius 2 is 1.79 bits per heavy atom. The molecule has 0 spiro atoms. The number of nitrogens with one attached hydrogen (secondary N) is 2. The van der Waals surface area contributed by atoms with Crippen LogP contribution in [-0.4, -0.2) is 37.8 Å². The van der Waals surface area contributed by atoms with Gasteiger partial charge in [0, 0.05) is 31.1 Å². The minimum Gasteiger partial charge on any atom is -0.364 e. The van der Waals surface area contributed by atoms with Crippen LogP contribution < -0.4 is 16.4 Å². The first-order valence-corrected chi connectivity index (χ1v) is 11.4. The van der Waals surface area contributed by atoms with Gasteiger partial charge in [-0.1, -0.05) is 43.2 Å². The van der Waals surface area contributed by atoms with Crippen molar-refractivity contribution in [1.29, 1.82) is 0 Å². The average Bonchev–Trinajstić information content (AvgIpc) is 3.45. The molecule has 3 atom stereocenters. The van der Waals surface area contributed by atoms with E-state index in [1.807, 2.05) is 24.5 Å². The number of hydrogen-bond acceptors (Lipinski definition) is 6. The molecule has 2 aliphatic rings. The van der Waals surface area contributed by atoms with Crippen LogP contribution in [0.15, 0.2) is 36.7 Å². The van der Waals surface area contributed by atoms with Crippen molar-refractivity contribution in [3.05, 3.63) is 42.2 Å². The minimum atomic E-state index is -0.991. The molecule has 0 aliphatic heterocycles. The Labute approximate surface area is 206 Å². The van der Waals surface area contributed by atoms with Crippen molar-refractivity contribution in [2.75, 3.05) is 10.6 Å². The summed E-state index contributed by atoms with van der Waals surface area (Å²) in [5, 5.41) is 6.81. The van der Waals surface area contributed by atoms with Gasteiger partial charge < -0.3 is 20.9 Å². The van der Waals surface area contributed by atoms with Gasteiger partial charge in [-0.2, -0.15) is 9.97 Å². The third-order valence-corrected chi connectivity index (χ3v) is 6.60. The zero-order valence-electron chi connectivity index (χ0n) is 18.5. The van der Waals surface area contributed by atoms with E-state index in [1.165, 1.54) is 18.4 Å². The molecule has 0 amide bonds. The van der Waals surface area contributed by atoms with Crippen molar-refractivity contribution in [1.82, 2.24) is 19.5 Å². The molecule has 3 unspecified atom stereocenters. The lowest BCUT2D eigenvalue weighted by Crippen LogP contribution is -2.42. The van der Waals surface area contributed by atoms with E-state index in [9.17, 15) is 4.39 Å². The quantitative estimate of drug-likeness (QED) is 0.444. The van der Waals surface area contributed by atoms with Crippen LogP contribution in [0.25, 0.3) is 11.2 Å². The fraction of sp³-hybridized carbons (Fsp3) is 0.522. The predicted octanol–water partition coefficient (Wildman–Crippen LogP) is 5.03. The van der Waals surface area contributed by atoms with Crippen LogP contribution in [0.2, 0.25) is 0 Å². The third-order valence-electron chi connectivity index (χ3n) is 6.60. The lowest BCUT2D eigenvalue weighted by molar-refractivity contribution is 0.207. The van der Waals surface area contributed by atoms with Gasteiger partial charge >= 0.3 is 0 Å². The van der Waals surface area contributed by atoms with E-state index >= 15 is 0 Å². The molecule has 5 rings (SSSR count). The SMILES string of the molecule is Cl.Cl.NC1CCC(Nc2nc(NCc3ccccc3)c3ncn(C4CCCC4)c3n2)CC1F. The Morgan fingerprint density at radius 3 is 2.52 bits per heavy atom. The Kier molecular flexibility index (Phi) is 8.73. The highest BCUT2D eigenvalue weighted by atomic mass is 35.5. The highest BCUT2D eigenvalue weighted by Gasteiger charge is 2.29. The Balaban J connectivity index is 0.00000153. The first-order chi connectivity index (χ1) is 15.2. The van der Waals surface area contributed by atoms with Crippen molar-refractivity contribution in [3.8, 4) is 0 Å². The second kappa shape index (κ2) is 11.3. The monoisotopic (exact) mass is 495 g/mol. The Hall–Kier alpha value is -2.16. The summed E-state index contributed by atoms with van der Waals surface area (Å²) in [6, 6.07) is 10.3. The van der Waals surface area contributed by atoms with Gasteiger partial charge in [0.1, 0.15) is 6.17 Å². The molecule has 2 aromatic heterocycles. The molecule has 3 aromatic rings. The fourth-order valence-corrected chi connectivity index (χ4v) is 4.79. The number of anilines is 2. The largest absolute Gasteiger partial charge is 0.364 e. The normalized spacial score (nSPS) is 23.0. The molecule has 180 valence electrons. The number of nitrogens with zero attached hydrogens (tertiary/aromatic N) is 4. The van der Waals surface area contributed by atoms with Gasteiger partial charge in [-0.3, -0.25) is 0 Å². The van der Waals surface area contributed by atoms with E-state index in [0.29, 0.717) is 37.2 Å². The maximum absolute atomic E-state index is 14.2. The van der Waals surface area contributed by atoms with Crippen LogP contribution in [0, 0.1) is 0 Å². The third kappa shape index (κ3) is 5.67. The molecule has 0 bridgehead atoms. The fourth-order valence-electron chi connectivity index (χ4n) is 4.79. The number of halogens is 3. The van der Waals surface area contributed by atoms with E-state index in [4.69, 9.17) is 15.7 Å². The Bertz CT molecular complexity index is 1030. The van der Waals surface area contributed by atoms with Crippen LogP contribution in [0.4, 0.5) is 16.2 Å². The first-order valence-electron chi connectivity index (χ1n) is 11.4. The van der Waals surface area contributed by atoms with Crippen molar-refractivity contribution in [2.45, 2.75) is 75.8 Å². The van der Waals surface area contributed by atoms with Crippen LogP contribution >= 0.6 is 24.8 Å². The second-order valence-electron chi connectivity index (χ2n) is 8.83. The average molecular weight is 496 g/mol. The van der Waals surface area contributed by atoms with Gasteiger partial charge in [-0.15, -0.1) is 24.8 Å². The summed E-state index contributed by atoms with van der Waals surface area (Å²) in [6.07, 6.45) is 7.54. The van der Waals surface area contributed by atoms with E-state index in [-0.39, 0.29) is 36.9 Å². The van der Waals surface area contributed by atoms with Crippen molar-refractivity contribution >= 4 is 47.7 Å². The van der Waals surface area contributed by atoms with Crippen LogP contribution in [-0.2, 0) is 6.54 Å². The van der Waals surface area contributed by atoms with Crippen molar-refractivity contribution in [3.63, 3.8) is 0 Å². The number of rotatable bonds is 6. The molecule has 2 fully saturated rings. The first kappa shape index (κ1) is 25.5. The van der Waals surface area contributed by atoms with E-state index in [0.717, 1.165) is 30.4 Å². The molecule has 0 saturated heterocycles. The second-order valence-corrected chi connectivity index (χ2v) is 8.83. The molecule has 0 radical (unpaired) electrons. The molecule has 4 N–H and O–H groups in total. The summed E-state index contributed by atoms with van der Waals surface area (Å²) < 4.78 is 16.3.